The summed E-state index contributed by atoms with van der Waals surface area (Å²) in [5, 5.41) is 11.5. The van der Waals surface area contributed by atoms with E-state index in [0.29, 0.717) is 0 Å². The number of carboxylic acids is 1. The highest BCUT2D eigenvalue weighted by Crippen LogP contribution is 2.24. The molecule has 0 aliphatic rings. The first-order chi connectivity index (χ1) is 9.99. The van der Waals surface area contributed by atoms with Crippen molar-refractivity contribution in [1.82, 2.24) is 9.55 Å². The molecule has 0 aliphatic heterocycles. The molecule has 0 spiro atoms. The lowest BCUT2D eigenvalue weighted by Crippen LogP contribution is -2.28. The van der Waals surface area contributed by atoms with E-state index in [4.69, 9.17) is 16.7 Å². The van der Waals surface area contributed by atoms with Crippen molar-refractivity contribution in [1.29, 1.82) is 0 Å². The van der Waals surface area contributed by atoms with Gasteiger partial charge in [0.25, 0.3) is 0 Å². The van der Waals surface area contributed by atoms with Crippen LogP contribution in [0, 0.1) is 0 Å². The van der Waals surface area contributed by atoms with E-state index in [1.807, 2.05) is 0 Å². The molecule has 0 unspecified atom stereocenters. The van der Waals surface area contributed by atoms with Gasteiger partial charge in [0.15, 0.2) is 0 Å². The Morgan fingerprint density at radius 1 is 1.33 bits per heavy atom. The van der Waals surface area contributed by atoms with Gasteiger partial charge >= 0.3 is 11.7 Å². The number of aromatic nitrogens is 2. The highest BCUT2D eigenvalue weighted by molar-refractivity contribution is 6.34. The maximum atomic E-state index is 11.9. The van der Waals surface area contributed by atoms with E-state index in [1.54, 1.807) is 0 Å². The normalized spacial score (nSPS) is 10.1. The van der Waals surface area contributed by atoms with Crippen molar-refractivity contribution in [3.63, 3.8) is 0 Å². The fraction of sp³-hybridized carbons (Fsp3) is 0.0769. The summed E-state index contributed by atoms with van der Waals surface area (Å²) in [6, 6.07) is 5.85. The second-order valence-electron chi connectivity index (χ2n) is 4.05. The molecule has 7 nitrogen and oxygen atoms in total. The molecule has 0 fully saturated rings. The third-order valence-corrected chi connectivity index (χ3v) is 2.91. The van der Waals surface area contributed by atoms with Crippen molar-refractivity contribution in [2.45, 2.75) is 6.54 Å². The molecule has 1 aromatic carbocycles. The summed E-state index contributed by atoms with van der Waals surface area (Å²) in [6.45, 7) is -0.280. The fourth-order valence-electron chi connectivity index (χ4n) is 1.70. The summed E-state index contributed by atoms with van der Waals surface area (Å²) >= 11 is 5.80. The number of anilines is 1. The SMILES string of the molecule is O=C(Cn1cccnc1=O)Nc1cccc(Cl)c1C(=O)O. The molecule has 2 aromatic rings. The van der Waals surface area contributed by atoms with Gasteiger partial charge in [-0.3, -0.25) is 9.36 Å². The number of nitrogens with zero attached hydrogens (tertiary/aromatic N) is 2. The van der Waals surface area contributed by atoms with Gasteiger partial charge in [-0.15, -0.1) is 0 Å². The van der Waals surface area contributed by atoms with E-state index < -0.39 is 17.6 Å². The standard InChI is InChI=1S/C13H10ClN3O4/c14-8-3-1-4-9(11(8)12(19)20)16-10(18)7-17-6-2-5-15-13(17)21/h1-6H,7H2,(H,16,18)(H,19,20). The van der Waals surface area contributed by atoms with E-state index in [0.717, 1.165) is 4.57 Å². The fourth-order valence-corrected chi connectivity index (χ4v) is 1.95. The number of halogens is 1. The van der Waals surface area contributed by atoms with Gasteiger partial charge in [0.05, 0.1) is 10.7 Å². The third-order valence-electron chi connectivity index (χ3n) is 2.60. The number of rotatable bonds is 4. The van der Waals surface area contributed by atoms with E-state index >= 15 is 0 Å². The largest absolute Gasteiger partial charge is 0.478 e. The summed E-state index contributed by atoms with van der Waals surface area (Å²) in [7, 11) is 0. The van der Waals surface area contributed by atoms with Crippen LogP contribution in [-0.2, 0) is 11.3 Å². The molecule has 8 heteroatoms. The zero-order valence-corrected chi connectivity index (χ0v) is 11.4. The van der Waals surface area contributed by atoms with Gasteiger partial charge in [-0.1, -0.05) is 17.7 Å². The molecular formula is C13H10ClN3O4. The van der Waals surface area contributed by atoms with Crippen LogP contribution in [0.15, 0.2) is 41.5 Å². The smallest absolute Gasteiger partial charge is 0.347 e. The molecule has 0 atom stereocenters. The Bertz CT molecular complexity index is 757. The van der Waals surface area contributed by atoms with Gasteiger partial charge in [0.2, 0.25) is 5.91 Å². The third kappa shape index (κ3) is 3.46. The number of carbonyl (C=O) groups is 2. The number of hydrogen-bond acceptors (Lipinski definition) is 4. The monoisotopic (exact) mass is 307 g/mol. The van der Waals surface area contributed by atoms with Crippen molar-refractivity contribution >= 4 is 29.2 Å². The van der Waals surface area contributed by atoms with Crippen LogP contribution in [0.5, 0.6) is 0 Å². The quantitative estimate of drug-likeness (QED) is 0.884. The Hall–Kier alpha value is -2.67. The molecule has 1 heterocycles. The minimum Gasteiger partial charge on any atom is -0.478 e. The Morgan fingerprint density at radius 3 is 2.76 bits per heavy atom. The minimum atomic E-state index is -1.26. The summed E-state index contributed by atoms with van der Waals surface area (Å²) in [5.41, 5.74) is -0.708. The topological polar surface area (TPSA) is 101 Å². The second kappa shape index (κ2) is 6.19. The first-order valence-electron chi connectivity index (χ1n) is 5.82. The van der Waals surface area contributed by atoms with E-state index in [-0.39, 0.29) is 22.8 Å². The van der Waals surface area contributed by atoms with Crippen molar-refractivity contribution in [2.75, 3.05) is 5.32 Å². The molecule has 0 saturated heterocycles. The Balaban J connectivity index is 2.21. The number of benzene rings is 1. The summed E-state index contributed by atoms with van der Waals surface area (Å²) in [4.78, 5) is 37.9. The maximum absolute atomic E-state index is 11.9. The number of nitrogens with one attached hydrogen (secondary N) is 1. The minimum absolute atomic E-state index is 0.0128. The van der Waals surface area contributed by atoms with Gasteiger partial charge in [0, 0.05) is 12.4 Å². The van der Waals surface area contributed by atoms with Crippen LogP contribution >= 0.6 is 11.6 Å². The molecule has 0 radical (unpaired) electrons. The van der Waals surface area contributed by atoms with Gasteiger partial charge in [-0.25, -0.2) is 14.6 Å². The number of amides is 1. The van der Waals surface area contributed by atoms with Gasteiger partial charge in [0.1, 0.15) is 12.1 Å². The lowest BCUT2D eigenvalue weighted by atomic mass is 10.1. The molecule has 2 N–H and O–H groups in total. The molecule has 108 valence electrons. The molecule has 0 bridgehead atoms. The van der Waals surface area contributed by atoms with Crippen LogP contribution in [0.1, 0.15) is 10.4 Å². The van der Waals surface area contributed by atoms with Gasteiger partial charge in [-0.2, -0.15) is 0 Å². The average Bonchev–Trinajstić information content (AvgIpc) is 2.41. The van der Waals surface area contributed by atoms with Crippen molar-refractivity contribution in [2.24, 2.45) is 0 Å². The zero-order valence-electron chi connectivity index (χ0n) is 10.6. The Kier molecular flexibility index (Phi) is 4.34. The maximum Gasteiger partial charge on any atom is 0.347 e. The van der Waals surface area contributed by atoms with Gasteiger partial charge in [-0.05, 0) is 18.2 Å². The van der Waals surface area contributed by atoms with Gasteiger partial charge < -0.3 is 10.4 Å². The Morgan fingerprint density at radius 2 is 2.10 bits per heavy atom. The summed E-state index contributed by atoms with van der Waals surface area (Å²) in [6.07, 6.45) is 2.72. The number of hydrogen-bond donors (Lipinski definition) is 2. The molecule has 1 amide bonds. The van der Waals surface area contributed by atoms with E-state index in [1.165, 1.54) is 36.7 Å². The lowest BCUT2D eigenvalue weighted by molar-refractivity contribution is -0.116. The highest BCUT2D eigenvalue weighted by atomic mass is 35.5. The van der Waals surface area contributed by atoms with Crippen molar-refractivity contribution in [3.8, 4) is 0 Å². The number of carboxylic acid groups (broad SMARTS) is 1. The lowest BCUT2D eigenvalue weighted by Gasteiger charge is -2.10. The predicted molar refractivity (Wildman–Crippen MR) is 75.5 cm³/mol. The molecule has 2 rings (SSSR count). The number of carbonyl (C=O) groups excluding carboxylic acids is 1. The molecule has 0 aliphatic carbocycles. The summed E-state index contributed by atoms with van der Waals surface area (Å²) in [5.74, 6) is -1.82. The Labute approximate surface area is 123 Å². The predicted octanol–water partition coefficient (Wildman–Crippen LogP) is 1.23. The first-order valence-corrected chi connectivity index (χ1v) is 6.20. The van der Waals surface area contributed by atoms with Crippen LogP contribution in [0.4, 0.5) is 5.69 Å². The van der Waals surface area contributed by atoms with Crippen LogP contribution in [0.2, 0.25) is 5.02 Å². The van der Waals surface area contributed by atoms with E-state index in [9.17, 15) is 14.4 Å². The van der Waals surface area contributed by atoms with Crippen molar-refractivity contribution in [3.05, 3.63) is 57.7 Å². The average molecular weight is 308 g/mol. The molecule has 21 heavy (non-hydrogen) atoms. The number of aromatic carboxylic acids is 1. The summed E-state index contributed by atoms with van der Waals surface area (Å²) < 4.78 is 1.10. The molecule has 0 saturated carbocycles. The van der Waals surface area contributed by atoms with Crippen LogP contribution in [-0.4, -0.2) is 26.5 Å². The second-order valence-corrected chi connectivity index (χ2v) is 4.45. The zero-order chi connectivity index (χ0) is 15.4. The highest BCUT2D eigenvalue weighted by Gasteiger charge is 2.16. The molecular weight excluding hydrogens is 298 g/mol. The van der Waals surface area contributed by atoms with Crippen LogP contribution < -0.4 is 11.0 Å². The molecule has 1 aromatic heterocycles. The first kappa shape index (κ1) is 14.7. The van der Waals surface area contributed by atoms with Crippen LogP contribution in [0.3, 0.4) is 0 Å². The van der Waals surface area contributed by atoms with E-state index in [2.05, 4.69) is 10.3 Å². The van der Waals surface area contributed by atoms with Crippen LogP contribution in [0.25, 0.3) is 0 Å². The van der Waals surface area contributed by atoms with Crippen molar-refractivity contribution < 1.29 is 14.7 Å².